The molecule has 1 aliphatic heterocycles. The van der Waals surface area contributed by atoms with E-state index in [9.17, 15) is 8.42 Å². The molecule has 1 aromatic carbocycles. The van der Waals surface area contributed by atoms with Gasteiger partial charge in [0, 0.05) is 18.2 Å². The van der Waals surface area contributed by atoms with Crippen LogP contribution in [0.4, 0.5) is 0 Å². The Hall–Kier alpha value is -1.31. The Morgan fingerprint density at radius 1 is 1.24 bits per heavy atom. The Bertz CT molecular complexity index is 568. The van der Waals surface area contributed by atoms with Gasteiger partial charge in [0.15, 0.2) is 0 Å². The molecule has 1 saturated heterocycles. The molecule has 1 fully saturated rings. The lowest BCUT2D eigenvalue weighted by atomic mass is 10.2. The highest BCUT2D eigenvalue weighted by molar-refractivity contribution is 7.90. The van der Waals surface area contributed by atoms with Crippen LogP contribution in [0.3, 0.4) is 0 Å². The number of sulfonamides is 1. The van der Waals surface area contributed by atoms with Crippen LogP contribution < -0.4 is 19.5 Å². The van der Waals surface area contributed by atoms with E-state index < -0.39 is 10.0 Å². The highest BCUT2D eigenvalue weighted by atomic mass is 32.2. The lowest BCUT2D eigenvalue weighted by Crippen LogP contribution is -2.41. The smallest absolute Gasteiger partial charge is 0.214 e. The molecule has 2 N–H and O–H groups in total. The first-order valence-corrected chi connectivity index (χ1v) is 8.51. The Balaban J connectivity index is 2.05. The van der Waals surface area contributed by atoms with E-state index in [1.165, 1.54) is 0 Å². The highest BCUT2D eigenvalue weighted by Crippen LogP contribution is 2.25. The quantitative estimate of drug-likeness (QED) is 0.815. The second-order valence-corrected chi connectivity index (χ2v) is 7.04. The average molecular weight is 314 g/mol. The number of hydrogen-bond acceptors (Lipinski definition) is 5. The molecule has 1 heterocycles. The minimum Gasteiger partial charge on any atom is -0.497 e. The lowest BCUT2D eigenvalue weighted by molar-refractivity contribution is 0.390. The summed E-state index contributed by atoms with van der Waals surface area (Å²) in [4.78, 5) is 0. The molecule has 0 atom stereocenters. The average Bonchev–Trinajstić information content (AvgIpc) is 2.53. The molecule has 1 aliphatic rings. The maximum atomic E-state index is 12.3. The SMILES string of the molecule is COc1ccc(CNS(=O)(=O)C2CCNCC2)c(OC)c1. The van der Waals surface area contributed by atoms with E-state index in [4.69, 9.17) is 9.47 Å². The van der Waals surface area contributed by atoms with Crippen LogP contribution in [0.1, 0.15) is 18.4 Å². The van der Waals surface area contributed by atoms with E-state index in [2.05, 4.69) is 10.0 Å². The van der Waals surface area contributed by atoms with Crippen LogP contribution in [-0.2, 0) is 16.6 Å². The zero-order valence-electron chi connectivity index (χ0n) is 12.4. The van der Waals surface area contributed by atoms with Crippen molar-refractivity contribution >= 4 is 10.0 Å². The standard InChI is InChI=1S/C14H22N2O4S/c1-19-12-4-3-11(14(9-12)20-2)10-16-21(17,18)13-5-7-15-8-6-13/h3-4,9,13,15-16H,5-8,10H2,1-2H3. The van der Waals surface area contributed by atoms with Crippen molar-refractivity contribution in [3.05, 3.63) is 23.8 Å². The number of piperidine rings is 1. The first-order valence-electron chi connectivity index (χ1n) is 6.97. The summed E-state index contributed by atoms with van der Waals surface area (Å²) in [6, 6.07) is 5.34. The number of hydrogen-bond donors (Lipinski definition) is 2. The zero-order chi connectivity index (χ0) is 15.3. The van der Waals surface area contributed by atoms with Gasteiger partial charge in [-0.15, -0.1) is 0 Å². The number of nitrogens with one attached hydrogen (secondary N) is 2. The molecule has 1 aromatic rings. The van der Waals surface area contributed by atoms with Crippen LogP contribution in [0.15, 0.2) is 18.2 Å². The van der Waals surface area contributed by atoms with Crippen molar-refractivity contribution in [3.8, 4) is 11.5 Å². The summed E-state index contributed by atoms with van der Waals surface area (Å²) in [5.41, 5.74) is 0.788. The van der Waals surface area contributed by atoms with E-state index in [0.29, 0.717) is 24.3 Å². The molecule has 6 nitrogen and oxygen atoms in total. The van der Waals surface area contributed by atoms with Crippen LogP contribution in [0.25, 0.3) is 0 Å². The van der Waals surface area contributed by atoms with E-state index >= 15 is 0 Å². The maximum absolute atomic E-state index is 12.3. The Morgan fingerprint density at radius 2 is 1.95 bits per heavy atom. The fourth-order valence-corrected chi connectivity index (χ4v) is 3.85. The lowest BCUT2D eigenvalue weighted by Gasteiger charge is -2.23. The third-order valence-corrected chi connectivity index (χ3v) is 5.58. The van der Waals surface area contributed by atoms with Crippen molar-refractivity contribution in [2.24, 2.45) is 0 Å². The van der Waals surface area contributed by atoms with Crippen molar-refractivity contribution in [1.29, 1.82) is 0 Å². The molecule has 0 aromatic heterocycles. The summed E-state index contributed by atoms with van der Waals surface area (Å²) in [6.07, 6.45) is 1.30. The molecule has 0 unspecified atom stereocenters. The summed E-state index contributed by atoms with van der Waals surface area (Å²) in [6.45, 7) is 1.72. The fraction of sp³-hybridized carbons (Fsp3) is 0.571. The van der Waals surface area contributed by atoms with Crippen LogP contribution >= 0.6 is 0 Å². The summed E-state index contributed by atoms with van der Waals surface area (Å²) in [7, 11) is -0.166. The third kappa shape index (κ3) is 4.09. The largest absolute Gasteiger partial charge is 0.497 e. The van der Waals surface area contributed by atoms with Crippen LogP contribution in [-0.4, -0.2) is 41.0 Å². The summed E-state index contributed by atoms with van der Waals surface area (Å²) < 4.78 is 37.6. The number of benzene rings is 1. The minimum atomic E-state index is -3.30. The number of ether oxygens (including phenoxy) is 2. The van der Waals surface area contributed by atoms with Crippen molar-refractivity contribution in [1.82, 2.24) is 10.0 Å². The Morgan fingerprint density at radius 3 is 2.57 bits per heavy atom. The van der Waals surface area contributed by atoms with Crippen molar-refractivity contribution in [2.45, 2.75) is 24.6 Å². The summed E-state index contributed by atoms with van der Waals surface area (Å²) in [5, 5.41) is 2.85. The van der Waals surface area contributed by atoms with Crippen LogP contribution in [0.5, 0.6) is 11.5 Å². The number of rotatable bonds is 6. The van der Waals surface area contributed by atoms with Crippen molar-refractivity contribution < 1.29 is 17.9 Å². The molecule has 7 heteroatoms. The molecule has 2 rings (SSSR count). The first-order chi connectivity index (χ1) is 10.1. The van der Waals surface area contributed by atoms with Gasteiger partial charge >= 0.3 is 0 Å². The number of methoxy groups -OCH3 is 2. The van der Waals surface area contributed by atoms with Gasteiger partial charge in [0.05, 0.1) is 19.5 Å². The molecular weight excluding hydrogens is 292 g/mol. The maximum Gasteiger partial charge on any atom is 0.214 e. The van der Waals surface area contributed by atoms with Crippen LogP contribution in [0.2, 0.25) is 0 Å². The zero-order valence-corrected chi connectivity index (χ0v) is 13.2. The second kappa shape index (κ2) is 7.11. The van der Waals surface area contributed by atoms with E-state index in [1.54, 1.807) is 26.4 Å². The highest BCUT2D eigenvalue weighted by Gasteiger charge is 2.26. The first kappa shape index (κ1) is 16.1. The predicted molar refractivity (Wildman–Crippen MR) is 81.2 cm³/mol. The Kier molecular flexibility index (Phi) is 5.44. The van der Waals surface area contributed by atoms with Gasteiger partial charge in [-0.1, -0.05) is 6.07 Å². The van der Waals surface area contributed by atoms with Gasteiger partial charge in [-0.25, -0.2) is 13.1 Å². The van der Waals surface area contributed by atoms with Gasteiger partial charge in [-0.3, -0.25) is 0 Å². The molecule has 0 radical (unpaired) electrons. The third-order valence-electron chi connectivity index (χ3n) is 3.68. The molecule has 0 aliphatic carbocycles. The predicted octanol–water partition coefficient (Wildman–Crippen LogP) is 0.875. The van der Waals surface area contributed by atoms with Crippen molar-refractivity contribution in [2.75, 3.05) is 27.3 Å². The van der Waals surface area contributed by atoms with E-state index in [-0.39, 0.29) is 11.8 Å². The normalized spacial score (nSPS) is 16.7. The molecule has 0 saturated carbocycles. The van der Waals surface area contributed by atoms with Crippen molar-refractivity contribution in [3.63, 3.8) is 0 Å². The second-order valence-electron chi connectivity index (χ2n) is 4.99. The monoisotopic (exact) mass is 314 g/mol. The summed E-state index contributed by atoms with van der Waals surface area (Å²) >= 11 is 0. The van der Waals surface area contributed by atoms with Gasteiger partial charge in [-0.05, 0) is 32.0 Å². The van der Waals surface area contributed by atoms with Gasteiger partial charge in [0.1, 0.15) is 11.5 Å². The van der Waals surface area contributed by atoms with Gasteiger partial charge in [0.2, 0.25) is 10.0 Å². The molecule has 0 spiro atoms. The molecule has 0 amide bonds. The van der Waals surface area contributed by atoms with E-state index in [1.807, 2.05) is 6.07 Å². The topological polar surface area (TPSA) is 76.7 Å². The molecule has 118 valence electrons. The molecule has 0 bridgehead atoms. The van der Waals surface area contributed by atoms with Gasteiger partial charge < -0.3 is 14.8 Å². The van der Waals surface area contributed by atoms with Gasteiger partial charge in [-0.2, -0.15) is 0 Å². The summed E-state index contributed by atoms with van der Waals surface area (Å²) in [5.74, 6) is 1.29. The molecular formula is C14H22N2O4S. The van der Waals surface area contributed by atoms with E-state index in [0.717, 1.165) is 18.7 Å². The van der Waals surface area contributed by atoms with Crippen LogP contribution in [0, 0.1) is 0 Å². The Labute approximate surface area is 125 Å². The molecule has 21 heavy (non-hydrogen) atoms. The fourth-order valence-electron chi connectivity index (χ4n) is 2.40. The minimum absolute atomic E-state index is 0.222. The van der Waals surface area contributed by atoms with Gasteiger partial charge in [0.25, 0.3) is 0 Å².